The van der Waals surface area contributed by atoms with Crippen LogP contribution >= 0.6 is 11.8 Å². The third-order valence-electron chi connectivity index (χ3n) is 3.73. The highest BCUT2D eigenvalue weighted by Gasteiger charge is 2.56. The summed E-state index contributed by atoms with van der Waals surface area (Å²) in [5.41, 5.74) is 1.70. The molecule has 3 rings (SSSR count). The number of hydrogen-bond acceptors (Lipinski definition) is 4. The maximum absolute atomic E-state index is 12.5. The number of rotatable bonds is 2. The van der Waals surface area contributed by atoms with E-state index in [-0.39, 0.29) is 11.9 Å². The second-order valence-corrected chi connectivity index (χ2v) is 6.20. The van der Waals surface area contributed by atoms with Crippen LogP contribution in [0.25, 0.3) is 0 Å². The van der Waals surface area contributed by atoms with Crippen molar-refractivity contribution in [3.05, 3.63) is 35.4 Å². The molecule has 19 heavy (non-hydrogen) atoms. The first-order chi connectivity index (χ1) is 9.09. The molecule has 2 aliphatic rings. The standard InChI is InChI=1S/C14H15NO3S/c1-3-18-13(17)11-8-19-14(2)10-7-5-4-6-9(10)12(16)15(11)14/h4-7,11H,3,8H2,1-2H3/t11-,14+/m1/s1. The highest BCUT2D eigenvalue weighted by Crippen LogP contribution is 2.53. The number of benzene rings is 1. The molecule has 5 heteroatoms. The van der Waals surface area contributed by atoms with Gasteiger partial charge in [-0.05, 0) is 19.9 Å². The molecule has 2 aliphatic heterocycles. The average molecular weight is 277 g/mol. The van der Waals surface area contributed by atoms with Gasteiger partial charge in [0.05, 0.1) is 6.61 Å². The molecular formula is C14H15NO3S. The van der Waals surface area contributed by atoms with Gasteiger partial charge in [0.1, 0.15) is 10.9 Å². The van der Waals surface area contributed by atoms with E-state index in [0.29, 0.717) is 17.9 Å². The minimum Gasteiger partial charge on any atom is -0.464 e. The molecule has 0 aliphatic carbocycles. The Balaban J connectivity index is 2.02. The summed E-state index contributed by atoms with van der Waals surface area (Å²) in [7, 11) is 0. The van der Waals surface area contributed by atoms with E-state index < -0.39 is 10.9 Å². The van der Waals surface area contributed by atoms with E-state index in [4.69, 9.17) is 4.74 Å². The highest BCUT2D eigenvalue weighted by atomic mass is 32.2. The van der Waals surface area contributed by atoms with Crippen molar-refractivity contribution in [2.75, 3.05) is 12.4 Å². The molecule has 0 radical (unpaired) electrons. The minimum absolute atomic E-state index is 0.0684. The molecule has 1 fully saturated rings. The minimum atomic E-state index is -0.477. The summed E-state index contributed by atoms with van der Waals surface area (Å²) in [4.78, 5) is 25.7. The van der Waals surface area contributed by atoms with Crippen LogP contribution in [0.4, 0.5) is 0 Å². The summed E-state index contributed by atoms with van der Waals surface area (Å²) in [6.07, 6.45) is 0. The number of fused-ring (bicyclic) bond motifs is 3. The van der Waals surface area contributed by atoms with Gasteiger partial charge in [-0.25, -0.2) is 4.79 Å². The summed E-state index contributed by atoms with van der Waals surface area (Å²) >= 11 is 1.63. The number of thioether (sulfide) groups is 1. The monoisotopic (exact) mass is 277 g/mol. The van der Waals surface area contributed by atoms with Gasteiger partial charge in [-0.2, -0.15) is 0 Å². The van der Waals surface area contributed by atoms with Crippen molar-refractivity contribution >= 4 is 23.6 Å². The molecule has 100 valence electrons. The number of nitrogens with zero attached hydrogens (tertiary/aromatic N) is 1. The largest absolute Gasteiger partial charge is 0.464 e. The predicted octanol–water partition coefficient (Wildman–Crippen LogP) is 1.99. The van der Waals surface area contributed by atoms with E-state index in [2.05, 4.69) is 0 Å². The highest BCUT2D eigenvalue weighted by molar-refractivity contribution is 8.00. The summed E-state index contributed by atoms with van der Waals surface area (Å²) in [6, 6.07) is 7.10. The molecule has 0 bridgehead atoms. The van der Waals surface area contributed by atoms with Crippen molar-refractivity contribution in [1.29, 1.82) is 0 Å². The molecule has 0 unspecified atom stereocenters. The van der Waals surface area contributed by atoms with Gasteiger partial charge in [-0.1, -0.05) is 18.2 Å². The van der Waals surface area contributed by atoms with Crippen LogP contribution in [0.1, 0.15) is 29.8 Å². The Morgan fingerprint density at radius 2 is 2.26 bits per heavy atom. The van der Waals surface area contributed by atoms with Crippen LogP contribution in [-0.4, -0.2) is 35.2 Å². The Bertz CT molecular complexity index is 559. The molecule has 0 spiro atoms. The SMILES string of the molecule is CCOC(=O)[C@H]1CS[C@@]2(C)c3ccccc3C(=O)N12. The van der Waals surface area contributed by atoms with Crippen molar-refractivity contribution in [3.63, 3.8) is 0 Å². The van der Waals surface area contributed by atoms with Crippen LogP contribution in [0.5, 0.6) is 0 Å². The van der Waals surface area contributed by atoms with Crippen molar-refractivity contribution in [2.24, 2.45) is 0 Å². The molecule has 1 aromatic carbocycles. The van der Waals surface area contributed by atoms with Gasteiger partial charge in [0.25, 0.3) is 5.91 Å². The summed E-state index contributed by atoms with van der Waals surface area (Å²) in [5, 5.41) is 0. The Morgan fingerprint density at radius 3 is 3.00 bits per heavy atom. The number of carbonyl (C=O) groups is 2. The second kappa shape index (κ2) is 4.27. The van der Waals surface area contributed by atoms with E-state index in [9.17, 15) is 9.59 Å². The Labute approximate surface area is 116 Å². The molecule has 0 aromatic heterocycles. The first kappa shape index (κ1) is 12.5. The fourth-order valence-corrected chi connectivity index (χ4v) is 4.29. The van der Waals surface area contributed by atoms with Crippen LogP contribution in [-0.2, 0) is 14.4 Å². The number of amides is 1. The van der Waals surface area contributed by atoms with Crippen LogP contribution < -0.4 is 0 Å². The Morgan fingerprint density at radius 1 is 1.53 bits per heavy atom. The fourth-order valence-electron chi connectivity index (χ4n) is 2.84. The van der Waals surface area contributed by atoms with Gasteiger partial charge in [0.15, 0.2) is 0 Å². The number of ether oxygens (including phenoxy) is 1. The molecule has 2 heterocycles. The first-order valence-corrected chi connectivity index (χ1v) is 7.32. The molecule has 1 saturated heterocycles. The second-order valence-electron chi connectivity index (χ2n) is 4.78. The zero-order chi connectivity index (χ0) is 13.6. The molecule has 0 saturated carbocycles. The third-order valence-corrected chi connectivity index (χ3v) is 5.19. The van der Waals surface area contributed by atoms with E-state index >= 15 is 0 Å². The lowest BCUT2D eigenvalue weighted by Crippen LogP contribution is -2.45. The summed E-state index contributed by atoms with van der Waals surface area (Å²) in [6.45, 7) is 4.12. The number of esters is 1. The van der Waals surface area contributed by atoms with E-state index in [1.807, 2.05) is 31.2 Å². The average Bonchev–Trinajstić information content (AvgIpc) is 2.86. The predicted molar refractivity (Wildman–Crippen MR) is 72.8 cm³/mol. The first-order valence-electron chi connectivity index (χ1n) is 6.33. The molecule has 1 aromatic rings. The van der Waals surface area contributed by atoms with Gasteiger partial charge in [0.2, 0.25) is 0 Å². The lowest BCUT2D eigenvalue weighted by atomic mass is 10.1. The Hall–Kier alpha value is -1.49. The molecule has 4 nitrogen and oxygen atoms in total. The molecule has 0 N–H and O–H groups in total. The van der Waals surface area contributed by atoms with E-state index in [0.717, 1.165) is 5.56 Å². The van der Waals surface area contributed by atoms with Crippen molar-refractivity contribution < 1.29 is 14.3 Å². The molecular weight excluding hydrogens is 262 g/mol. The van der Waals surface area contributed by atoms with Gasteiger partial charge >= 0.3 is 5.97 Å². The number of carbonyl (C=O) groups excluding carboxylic acids is 2. The summed E-state index contributed by atoms with van der Waals surface area (Å²) in [5.74, 6) is 0.219. The van der Waals surface area contributed by atoms with E-state index in [1.165, 1.54) is 0 Å². The lowest BCUT2D eigenvalue weighted by Gasteiger charge is -2.30. The van der Waals surface area contributed by atoms with Crippen molar-refractivity contribution in [2.45, 2.75) is 24.8 Å². The quantitative estimate of drug-likeness (QED) is 0.776. The van der Waals surface area contributed by atoms with Gasteiger partial charge in [-0.3, -0.25) is 4.79 Å². The van der Waals surface area contributed by atoms with Crippen LogP contribution in [0.15, 0.2) is 24.3 Å². The van der Waals surface area contributed by atoms with Crippen LogP contribution in [0.2, 0.25) is 0 Å². The van der Waals surface area contributed by atoms with Crippen molar-refractivity contribution in [1.82, 2.24) is 4.90 Å². The zero-order valence-electron chi connectivity index (χ0n) is 10.9. The summed E-state index contributed by atoms with van der Waals surface area (Å²) < 4.78 is 5.08. The van der Waals surface area contributed by atoms with Gasteiger partial charge in [-0.15, -0.1) is 11.8 Å². The fraction of sp³-hybridized carbons (Fsp3) is 0.429. The van der Waals surface area contributed by atoms with Crippen LogP contribution in [0.3, 0.4) is 0 Å². The van der Waals surface area contributed by atoms with Gasteiger partial charge in [0, 0.05) is 16.9 Å². The normalized spacial score (nSPS) is 28.2. The maximum Gasteiger partial charge on any atom is 0.329 e. The van der Waals surface area contributed by atoms with E-state index in [1.54, 1.807) is 23.6 Å². The molecule has 1 amide bonds. The maximum atomic E-state index is 12.5. The topological polar surface area (TPSA) is 46.6 Å². The van der Waals surface area contributed by atoms with Crippen molar-refractivity contribution in [3.8, 4) is 0 Å². The zero-order valence-corrected chi connectivity index (χ0v) is 11.7. The third kappa shape index (κ3) is 1.61. The van der Waals surface area contributed by atoms with Crippen LogP contribution in [0, 0.1) is 0 Å². The van der Waals surface area contributed by atoms with Gasteiger partial charge < -0.3 is 9.64 Å². The smallest absolute Gasteiger partial charge is 0.329 e. The lowest BCUT2D eigenvalue weighted by molar-refractivity contribution is -0.148. The Kier molecular flexibility index (Phi) is 2.82. The molecule has 2 atom stereocenters. The number of hydrogen-bond donors (Lipinski definition) is 0.